The first kappa shape index (κ1) is 17.4. The predicted molar refractivity (Wildman–Crippen MR) is 113 cm³/mol. The van der Waals surface area contributed by atoms with Crippen LogP contribution < -0.4 is 5.56 Å². The Morgan fingerprint density at radius 3 is 2.69 bits per heavy atom. The van der Waals surface area contributed by atoms with Gasteiger partial charge in [0.2, 0.25) is 0 Å². The summed E-state index contributed by atoms with van der Waals surface area (Å²) in [5.74, 6) is 0.127. The van der Waals surface area contributed by atoms with Gasteiger partial charge in [-0.25, -0.2) is 9.67 Å². The fourth-order valence-electron chi connectivity index (χ4n) is 3.24. The third kappa shape index (κ3) is 3.13. The zero-order valence-corrected chi connectivity index (χ0v) is 15.9. The van der Waals surface area contributed by atoms with Crippen molar-refractivity contribution in [2.45, 2.75) is 5.16 Å². The fraction of sp³-hybridized carbons (Fsp3) is 0.0476. The highest BCUT2D eigenvalue weighted by molar-refractivity contribution is 7.99. The molecule has 142 valence electrons. The lowest BCUT2D eigenvalue weighted by Gasteiger charge is -2.04. The molecule has 3 heterocycles. The fourth-order valence-corrected chi connectivity index (χ4v) is 3.98. The van der Waals surface area contributed by atoms with E-state index in [4.69, 9.17) is 0 Å². The molecular weight excluding hydrogens is 386 g/mol. The zero-order chi connectivity index (χ0) is 19.8. The number of aromatic amines is 2. The minimum Gasteiger partial charge on any atom is -0.360 e. The highest BCUT2D eigenvalue weighted by Gasteiger charge is 2.15. The molecule has 5 aromatic rings. The summed E-state index contributed by atoms with van der Waals surface area (Å²) in [6, 6.07) is 17.1. The highest BCUT2D eigenvalue weighted by Crippen LogP contribution is 2.22. The minimum atomic E-state index is -0.278. The number of fused-ring (bicyclic) bond motifs is 2. The van der Waals surface area contributed by atoms with Crippen molar-refractivity contribution in [1.29, 1.82) is 0 Å². The summed E-state index contributed by atoms with van der Waals surface area (Å²) in [7, 11) is 0. The van der Waals surface area contributed by atoms with Crippen LogP contribution in [0.2, 0.25) is 0 Å². The molecule has 0 aliphatic carbocycles. The number of rotatable bonds is 5. The van der Waals surface area contributed by atoms with Gasteiger partial charge in [-0.2, -0.15) is 5.10 Å². The predicted octanol–water partition coefficient (Wildman–Crippen LogP) is 3.57. The molecule has 3 aromatic heterocycles. The van der Waals surface area contributed by atoms with Gasteiger partial charge < -0.3 is 9.97 Å². The molecule has 0 saturated carbocycles. The van der Waals surface area contributed by atoms with Gasteiger partial charge in [0.15, 0.2) is 16.6 Å². The Balaban J connectivity index is 1.45. The van der Waals surface area contributed by atoms with Crippen LogP contribution in [-0.4, -0.2) is 36.3 Å². The van der Waals surface area contributed by atoms with Gasteiger partial charge in [0.05, 0.1) is 17.6 Å². The number of carbonyl (C=O) groups excluding carboxylic acids is 1. The summed E-state index contributed by atoms with van der Waals surface area (Å²) in [6.07, 6.45) is 3.22. The van der Waals surface area contributed by atoms with Gasteiger partial charge in [0.25, 0.3) is 5.56 Å². The first-order valence-corrected chi connectivity index (χ1v) is 9.95. The number of ketones is 1. The number of thioether (sulfide) groups is 1. The number of carbonyl (C=O) groups is 1. The maximum atomic E-state index is 12.7. The molecule has 29 heavy (non-hydrogen) atoms. The quantitative estimate of drug-likeness (QED) is 0.267. The van der Waals surface area contributed by atoms with E-state index in [-0.39, 0.29) is 17.1 Å². The highest BCUT2D eigenvalue weighted by atomic mass is 32.2. The number of para-hydroxylation sites is 2. The lowest BCUT2D eigenvalue weighted by Crippen LogP contribution is -2.11. The average molecular weight is 401 g/mol. The third-order valence-corrected chi connectivity index (χ3v) is 5.52. The molecule has 0 amide bonds. The van der Waals surface area contributed by atoms with Gasteiger partial charge >= 0.3 is 0 Å². The molecule has 2 aromatic carbocycles. The zero-order valence-electron chi connectivity index (χ0n) is 15.1. The molecule has 8 heteroatoms. The molecule has 5 rings (SSSR count). The molecule has 0 aliphatic rings. The first-order chi connectivity index (χ1) is 14.2. The number of aromatic nitrogens is 5. The molecule has 0 aliphatic heterocycles. The van der Waals surface area contributed by atoms with Gasteiger partial charge in [-0.05, 0) is 18.2 Å². The lowest BCUT2D eigenvalue weighted by molar-refractivity contribution is 0.102. The summed E-state index contributed by atoms with van der Waals surface area (Å²) >= 11 is 1.20. The van der Waals surface area contributed by atoms with Gasteiger partial charge in [-0.3, -0.25) is 9.59 Å². The molecule has 0 spiro atoms. The SMILES string of the molecule is O=C(CSc1nc2c(cnn2-c2ccccc2)c(=O)[nH]1)c1c[nH]c2ccccc12. The van der Waals surface area contributed by atoms with E-state index in [1.54, 1.807) is 10.9 Å². The van der Waals surface area contributed by atoms with Crippen LogP contribution in [0.4, 0.5) is 0 Å². The van der Waals surface area contributed by atoms with Crippen LogP contribution >= 0.6 is 11.8 Å². The average Bonchev–Trinajstić information content (AvgIpc) is 3.37. The molecular formula is C21H15N5O2S. The maximum Gasteiger partial charge on any atom is 0.262 e. The van der Waals surface area contributed by atoms with Crippen molar-refractivity contribution in [3.63, 3.8) is 0 Å². The van der Waals surface area contributed by atoms with Crippen LogP contribution in [0, 0.1) is 0 Å². The van der Waals surface area contributed by atoms with Gasteiger partial charge in [0.1, 0.15) is 5.39 Å². The summed E-state index contributed by atoms with van der Waals surface area (Å²) in [4.78, 5) is 35.5. The van der Waals surface area contributed by atoms with Crippen molar-refractivity contribution in [3.8, 4) is 5.69 Å². The maximum absolute atomic E-state index is 12.7. The van der Waals surface area contributed by atoms with E-state index in [1.165, 1.54) is 18.0 Å². The molecule has 0 atom stereocenters. The molecule has 7 nitrogen and oxygen atoms in total. The molecule has 0 bridgehead atoms. The van der Waals surface area contributed by atoms with Crippen LogP contribution in [0.15, 0.2) is 76.9 Å². The Morgan fingerprint density at radius 2 is 1.83 bits per heavy atom. The Labute approximate surface area is 168 Å². The molecule has 0 unspecified atom stereocenters. The van der Waals surface area contributed by atoms with Crippen molar-refractivity contribution in [2.24, 2.45) is 0 Å². The second-order valence-corrected chi connectivity index (χ2v) is 7.42. The Bertz CT molecular complexity index is 1400. The number of benzene rings is 2. The second-order valence-electron chi connectivity index (χ2n) is 6.46. The smallest absolute Gasteiger partial charge is 0.262 e. The first-order valence-electron chi connectivity index (χ1n) is 8.96. The van der Waals surface area contributed by atoms with E-state index in [0.29, 0.717) is 21.8 Å². The number of nitrogens with one attached hydrogen (secondary N) is 2. The monoisotopic (exact) mass is 401 g/mol. The Hall–Kier alpha value is -3.65. The van der Waals surface area contributed by atoms with Crippen molar-refractivity contribution >= 4 is 39.5 Å². The lowest BCUT2D eigenvalue weighted by atomic mass is 10.1. The van der Waals surface area contributed by atoms with E-state index in [0.717, 1.165) is 16.6 Å². The van der Waals surface area contributed by atoms with Crippen LogP contribution in [0.1, 0.15) is 10.4 Å². The van der Waals surface area contributed by atoms with Gasteiger partial charge in [-0.1, -0.05) is 48.2 Å². The summed E-state index contributed by atoms with van der Waals surface area (Å²) in [5.41, 5.74) is 2.54. The van der Waals surface area contributed by atoms with E-state index in [2.05, 4.69) is 20.1 Å². The standard InChI is InChI=1S/C21H15N5O2S/c27-18(15-10-22-17-9-5-4-8-14(15)17)12-29-21-24-19-16(20(28)25-21)11-23-26(19)13-6-2-1-3-7-13/h1-11,22H,12H2,(H,24,25,28). The number of H-pyrrole nitrogens is 2. The molecule has 0 radical (unpaired) electrons. The number of hydrogen-bond donors (Lipinski definition) is 2. The third-order valence-electron chi connectivity index (χ3n) is 4.65. The van der Waals surface area contributed by atoms with Crippen LogP contribution in [0.5, 0.6) is 0 Å². The number of Topliss-reactive ketones (excluding diaryl/α,β-unsaturated/α-hetero) is 1. The van der Waals surface area contributed by atoms with Crippen molar-refractivity contribution in [2.75, 3.05) is 5.75 Å². The second kappa shape index (κ2) is 7.06. The van der Waals surface area contributed by atoms with Crippen LogP contribution in [-0.2, 0) is 0 Å². The van der Waals surface area contributed by atoms with Gasteiger partial charge in [0, 0.05) is 22.7 Å². The van der Waals surface area contributed by atoms with Crippen molar-refractivity contribution < 1.29 is 4.79 Å². The molecule has 0 saturated heterocycles. The number of hydrogen-bond acceptors (Lipinski definition) is 5. The Morgan fingerprint density at radius 1 is 1.03 bits per heavy atom. The number of nitrogens with zero attached hydrogens (tertiary/aromatic N) is 3. The van der Waals surface area contributed by atoms with E-state index in [9.17, 15) is 9.59 Å². The largest absolute Gasteiger partial charge is 0.360 e. The van der Waals surface area contributed by atoms with E-state index < -0.39 is 0 Å². The topological polar surface area (TPSA) is 96.4 Å². The van der Waals surface area contributed by atoms with Crippen LogP contribution in [0.25, 0.3) is 27.6 Å². The molecule has 2 N–H and O–H groups in total. The normalized spacial score (nSPS) is 11.3. The molecule has 0 fully saturated rings. The van der Waals surface area contributed by atoms with Crippen molar-refractivity contribution in [1.82, 2.24) is 24.7 Å². The summed E-state index contributed by atoms with van der Waals surface area (Å²) < 4.78 is 1.62. The van der Waals surface area contributed by atoms with E-state index in [1.807, 2.05) is 54.6 Å². The van der Waals surface area contributed by atoms with Crippen molar-refractivity contribution in [3.05, 3.63) is 82.9 Å². The summed E-state index contributed by atoms with van der Waals surface area (Å²) in [6.45, 7) is 0. The minimum absolute atomic E-state index is 0.0354. The van der Waals surface area contributed by atoms with E-state index >= 15 is 0 Å². The summed E-state index contributed by atoms with van der Waals surface area (Å²) in [5, 5.41) is 5.96. The van der Waals surface area contributed by atoms with Gasteiger partial charge in [-0.15, -0.1) is 0 Å². The Kier molecular flexibility index (Phi) is 4.25. The van der Waals surface area contributed by atoms with Crippen LogP contribution in [0.3, 0.4) is 0 Å².